The number of piperazine rings is 1. The zero-order valence-electron chi connectivity index (χ0n) is 21.0. The van der Waals surface area contributed by atoms with Crippen LogP contribution in [0.15, 0.2) is 49.2 Å². The highest BCUT2D eigenvalue weighted by Crippen LogP contribution is 2.42. The van der Waals surface area contributed by atoms with Gasteiger partial charge in [-0.2, -0.15) is 5.26 Å². The minimum atomic E-state index is -0.867. The first-order valence-corrected chi connectivity index (χ1v) is 13.2. The highest BCUT2D eigenvalue weighted by atomic mass is 35.5. The standard InChI is InChI=1S/C29H25ClF2N6O/c1-2-22(39)38-13-12-37(15-18(38)10-11-33)29-20-14-34-26(25(32)27(20)35-28(36-29)17-6-7-17)19-5-3-4-16-8-9-21(31)24(30)23(16)19/h2-5,8-9,14,17-18,22,39H,1,6-7,10,12-13,15H2/t18-,22?/m0/s1. The van der Waals surface area contributed by atoms with Gasteiger partial charge in [0.15, 0.2) is 5.82 Å². The second-order valence-electron chi connectivity index (χ2n) is 9.98. The molecule has 2 aliphatic rings. The van der Waals surface area contributed by atoms with Gasteiger partial charge in [0, 0.05) is 48.7 Å². The van der Waals surface area contributed by atoms with Crippen molar-refractivity contribution < 1.29 is 13.9 Å². The van der Waals surface area contributed by atoms with E-state index in [4.69, 9.17) is 16.6 Å². The first-order valence-electron chi connectivity index (χ1n) is 12.8. The van der Waals surface area contributed by atoms with E-state index in [9.17, 15) is 14.8 Å². The lowest BCUT2D eigenvalue weighted by Crippen LogP contribution is -2.56. The molecule has 6 rings (SSSR count). The molecule has 1 aliphatic carbocycles. The van der Waals surface area contributed by atoms with E-state index in [2.05, 4.69) is 22.6 Å². The summed E-state index contributed by atoms with van der Waals surface area (Å²) in [5.74, 6) is 0.0637. The SMILES string of the molecule is C=CC(O)N1CCN(c2nc(C3CC3)nc3c(F)c(-c4cccc5ccc(F)c(Cl)c45)ncc23)C[C@@H]1CC#N. The molecule has 39 heavy (non-hydrogen) atoms. The lowest BCUT2D eigenvalue weighted by atomic mass is 10.0. The number of halogens is 3. The molecule has 2 fully saturated rings. The molecule has 4 aromatic rings. The summed E-state index contributed by atoms with van der Waals surface area (Å²) in [6, 6.07) is 10.0. The average Bonchev–Trinajstić information content (AvgIpc) is 3.80. The Kier molecular flexibility index (Phi) is 6.63. The summed E-state index contributed by atoms with van der Waals surface area (Å²) >= 11 is 6.33. The number of nitriles is 1. The van der Waals surface area contributed by atoms with E-state index in [0.717, 1.165) is 12.8 Å². The number of aliphatic hydroxyl groups is 1. The van der Waals surface area contributed by atoms with Crippen molar-refractivity contribution in [2.24, 2.45) is 0 Å². The summed E-state index contributed by atoms with van der Waals surface area (Å²) in [7, 11) is 0. The van der Waals surface area contributed by atoms with E-state index < -0.39 is 17.9 Å². The van der Waals surface area contributed by atoms with E-state index in [1.165, 1.54) is 12.1 Å². The second-order valence-corrected chi connectivity index (χ2v) is 10.4. The van der Waals surface area contributed by atoms with Crippen molar-refractivity contribution in [1.82, 2.24) is 19.9 Å². The first-order chi connectivity index (χ1) is 18.9. The van der Waals surface area contributed by atoms with Crippen molar-refractivity contribution in [2.45, 2.75) is 37.5 Å². The Morgan fingerprint density at radius 2 is 2.03 bits per heavy atom. The summed E-state index contributed by atoms with van der Waals surface area (Å²) in [5.41, 5.74) is 0.556. The predicted octanol–water partition coefficient (Wildman–Crippen LogP) is 5.56. The molecule has 1 saturated carbocycles. The van der Waals surface area contributed by atoms with Gasteiger partial charge in [-0.05, 0) is 30.4 Å². The van der Waals surface area contributed by atoms with Crippen molar-refractivity contribution in [3.8, 4) is 17.3 Å². The second kappa shape index (κ2) is 10.1. The van der Waals surface area contributed by atoms with Crippen LogP contribution in [-0.4, -0.2) is 56.9 Å². The van der Waals surface area contributed by atoms with Crippen LogP contribution in [-0.2, 0) is 0 Å². The summed E-state index contributed by atoms with van der Waals surface area (Å²) < 4.78 is 30.7. The van der Waals surface area contributed by atoms with Crippen LogP contribution in [0.5, 0.6) is 0 Å². The number of nitrogens with zero attached hydrogens (tertiary/aromatic N) is 6. The predicted molar refractivity (Wildman–Crippen MR) is 146 cm³/mol. The van der Waals surface area contributed by atoms with Crippen LogP contribution in [0.2, 0.25) is 5.02 Å². The van der Waals surface area contributed by atoms with Crippen molar-refractivity contribution in [3.05, 3.63) is 71.7 Å². The van der Waals surface area contributed by atoms with Gasteiger partial charge in [0.2, 0.25) is 0 Å². The molecule has 10 heteroatoms. The molecule has 1 unspecified atom stereocenters. The fraction of sp³-hybridized carbons (Fsp3) is 0.310. The molecule has 2 aromatic heterocycles. The minimum absolute atomic E-state index is 0.0354. The molecule has 1 aliphatic heterocycles. The van der Waals surface area contributed by atoms with Crippen molar-refractivity contribution in [3.63, 3.8) is 0 Å². The van der Waals surface area contributed by atoms with Gasteiger partial charge in [-0.15, -0.1) is 0 Å². The fourth-order valence-corrected chi connectivity index (χ4v) is 5.62. The van der Waals surface area contributed by atoms with Crippen LogP contribution in [0.3, 0.4) is 0 Å². The van der Waals surface area contributed by atoms with Crippen molar-refractivity contribution >= 4 is 39.1 Å². The monoisotopic (exact) mass is 546 g/mol. The Balaban J connectivity index is 1.49. The Morgan fingerprint density at radius 1 is 1.21 bits per heavy atom. The lowest BCUT2D eigenvalue weighted by Gasteiger charge is -2.42. The van der Waals surface area contributed by atoms with Crippen LogP contribution in [0, 0.1) is 23.0 Å². The van der Waals surface area contributed by atoms with Gasteiger partial charge < -0.3 is 10.0 Å². The average molecular weight is 547 g/mol. The number of aliphatic hydroxyl groups excluding tert-OH is 1. The number of anilines is 1. The summed E-state index contributed by atoms with van der Waals surface area (Å²) in [5, 5.41) is 21.2. The van der Waals surface area contributed by atoms with E-state index in [1.54, 1.807) is 30.5 Å². The van der Waals surface area contributed by atoms with Crippen LogP contribution < -0.4 is 4.90 Å². The minimum Gasteiger partial charge on any atom is -0.375 e. The number of hydrogen-bond acceptors (Lipinski definition) is 7. The van der Waals surface area contributed by atoms with E-state index in [1.807, 2.05) is 9.80 Å². The maximum atomic E-state index is 16.3. The van der Waals surface area contributed by atoms with Gasteiger partial charge in [-0.25, -0.2) is 18.7 Å². The highest BCUT2D eigenvalue weighted by molar-refractivity contribution is 6.36. The first kappa shape index (κ1) is 25.6. The zero-order valence-corrected chi connectivity index (χ0v) is 21.7. The highest BCUT2D eigenvalue weighted by Gasteiger charge is 2.34. The third kappa shape index (κ3) is 4.48. The molecule has 0 bridgehead atoms. The van der Waals surface area contributed by atoms with Crippen molar-refractivity contribution in [2.75, 3.05) is 24.5 Å². The van der Waals surface area contributed by atoms with E-state index in [-0.39, 0.29) is 34.6 Å². The number of benzene rings is 2. The number of fused-ring (bicyclic) bond motifs is 2. The molecule has 3 heterocycles. The number of rotatable bonds is 6. The van der Waals surface area contributed by atoms with Crippen LogP contribution in [0.1, 0.15) is 31.0 Å². The topological polar surface area (TPSA) is 89.2 Å². The summed E-state index contributed by atoms with van der Waals surface area (Å²) in [6.07, 6.45) is 4.19. The normalized spacial score (nSPS) is 18.8. The molecule has 0 radical (unpaired) electrons. The number of pyridine rings is 1. The maximum Gasteiger partial charge on any atom is 0.175 e. The van der Waals surface area contributed by atoms with Gasteiger partial charge >= 0.3 is 0 Å². The Morgan fingerprint density at radius 3 is 2.77 bits per heavy atom. The molecule has 2 aromatic carbocycles. The van der Waals surface area contributed by atoms with Crippen LogP contribution >= 0.6 is 11.6 Å². The molecule has 7 nitrogen and oxygen atoms in total. The van der Waals surface area contributed by atoms with Gasteiger partial charge in [-0.1, -0.05) is 42.4 Å². The molecule has 0 spiro atoms. The maximum absolute atomic E-state index is 16.3. The number of hydrogen-bond donors (Lipinski definition) is 1. The lowest BCUT2D eigenvalue weighted by molar-refractivity contribution is 0.00440. The Bertz CT molecular complexity index is 1650. The fourth-order valence-electron chi connectivity index (χ4n) is 5.35. The summed E-state index contributed by atoms with van der Waals surface area (Å²) in [6.45, 7) is 5.06. The zero-order chi connectivity index (χ0) is 27.3. The van der Waals surface area contributed by atoms with Crippen LogP contribution in [0.25, 0.3) is 32.9 Å². The van der Waals surface area contributed by atoms with Crippen molar-refractivity contribution in [1.29, 1.82) is 5.26 Å². The van der Waals surface area contributed by atoms with Gasteiger partial charge in [0.1, 0.15) is 34.9 Å². The van der Waals surface area contributed by atoms with Gasteiger partial charge in [0.05, 0.1) is 22.9 Å². The summed E-state index contributed by atoms with van der Waals surface area (Å²) in [4.78, 5) is 17.8. The molecule has 1 N–H and O–H groups in total. The largest absolute Gasteiger partial charge is 0.375 e. The third-order valence-electron chi connectivity index (χ3n) is 7.52. The van der Waals surface area contributed by atoms with E-state index >= 15 is 4.39 Å². The molecular formula is C29H25ClF2N6O. The molecule has 0 amide bonds. The molecule has 198 valence electrons. The molecule has 1 saturated heterocycles. The smallest absolute Gasteiger partial charge is 0.175 e. The Hall–Kier alpha value is -3.71. The van der Waals surface area contributed by atoms with E-state index in [0.29, 0.717) is 53.0 Å². The molecular weight excluding hydrogens is 522 g/mol. The van der Waals surface area contributed by atoms with Gasteiger partial charge in [-0.3, -0.25) is 9.88 Å². The third-order valence-corrected chi connectivity index (χ3v) is 7.89. The quantitative estimate of drug-likeness (QED) is 0.317. The Labute approximate surface area is 229 Å². The molecule has 2 atom stereocenters. The van der Waals surface area contributed by atoms with Gasteiger partial charge in [0.25, 0.3) is 0 Å². The van der Waals surface area contributed by atoms with Crippen LogP contribution in [0.4, 0.5) is 14.6 Å². The number of aromatic nitrogens is 3.